The van der Waals surface area contributed by atoms with Crippen LogP contribution < -0.4 is 4.90 Å². The van der Waals surface area contributed by atoms with E-state index < -0.39 is 11.7 Å². The Balaban J connectivity index is 1.60. The van der Waals surface area contributed by atoms with E-state index in [-0.39, 0.29) is 22.8 Å². The van der Waals surface area contributed by atoms with Gasteiger partial charge in [0.15, 0.2) is 0 Å². The van der Waals surface area contributed by atoms with E-state index in [0.717, 1.165) is 16.8 Å². The molecule has 2 fully saturated rings. The Kier molecular flexibility index (Phi) is 6.62. The summed E-state index contributed by atoms with van der Waals surface area (Å²) in [7, 11) is 0. The van der Waals surface area contributed by atoms with E-state index in [1.165, 1.54) is 17.4 Å². The highest BCUT2D eigenvalue weighted by atomic mass is 32.1. The molecule has 1 aromatic heterocycles. The standard InChI is InChI=1S/C24H27F3N4O2S/c1-4-33-14-23-7-8-30(19-6-5-17(10-28)20(9-19)24(25,26)27)11-18(23)12-31(13-23)22(32)21-15(2)29-16(3)34-21/h5-6,9,18H,4,7-8,11-14H2,1-3H3. The molecule has 0 saturated carbocycles. The van der Waals surface area contributed by atoms with Gasteiger partial charge in [-0.3, -0.25) is 4.79 Å². The first-order chi connectivity index (χ1) is 16.1. The lowest BCUT2D eigenvalue weighted by atomic mass is 9.73. The molecular formula is C24H27F3N4O2S. The van der Waals surface area contributed by atoms with Gasteiger partial charge in [-0.15, -0.1) is 11.3 Å². The molecule has 6 nitrogen and oxygen atoms in total. The monoisotopic (exact) mass is 492 g/mol. The van der Waals surface area contributed by atoms with E-state index in [4.69, 9.17) is 10.00 Å². The molecule has 0 N–H and O–H groups in total. The predicted molar refractivity (Wildman–Crippen MR) is 123 cm³/mol. The quantitative estimate of drug-likeness (QED) is 0.608. The number of fused-ring (bicyclic) bond motifs is 1. The number of hydrogen-bond acceptors (Lipinski definition) is 6. The van der Waals surface area contributed by atoms with Crippen molar-refractivity contribution < 1.29 is 22.7 Å². The maximum atomic E-state index is 13.5. The number of hydrogen-bond donors (Lipinski definition) is 0. The fourth-order valence-corrected chi connectivity index (χ4v) is 6.04. The first-order valence-electron chi connectivity index (χ1n) is 11.3. The highest BCUT2D eigenvalue weighted by Crippen LogP contribution is 2.45. The van der Waals surface area contributed by atoms with Gasteiger partial charge in [0.25, 0.3) is 5.91 Å². The Labute approximate surface area is 200 Å². The van der Waals surface area contributed by atoms with E-state index >= 15 is 0 Å². The second-order valence-electron chi connectivity index (χ2n) is 9.06. The van der Waals surface area contributed by atoms with Crippen LogP contribution in [0.1, 0.15) is 44.8 Å². The minimum Gasteiger partial charge on any atom is -0.381 e. The predicted octanol–water partition coefficient (Wildman–Crippen LogP) is 4.66. The lowest BCUT2D eigenvalue weighted by Crippen LogP contribution is -2.49. The zero-order valence-corrected chi connectivity index (χ0v) is 20.2. The molecule has 4 rings (SSSR count). The van der Waals surface area contributed by atoms with Crippen molar-refractivity contribution in [1.82, 2.24) is 9.88 Å². The summed E-state index contributed by atoms with van der Waals surface area (Å²) in [6.07, 6.45) is -3.90. The van der Waals surface area contributed by atoms with Crippen LogP contribution in [0.3, 0.4) is 0 Å². The molecule has 10 heteroatoms. The van der Waals surface area contributed by atoms with E-state index in [2.05, 4.69) is 4.98 Å². The van der Waals surface area contributed by atoms with Gasteiger partial charge in [-0.05, 0) is 45.4 Å². The van der Waals surface area contributed by atoms with Crippen molar-refractivity contribution >= 4 is 22.9 Å². The summed E-state index contributed by atoms with van der Waals surface area (Å²) in [5, 5.41) is 9.94. The fraction of sp³-hybridized carbons (Fsp3) is 0.542. The summed E-state index contributed by atoms with van der Waals surface area (Å²) in [5.41, 5.74) is -0.380. The van der Waals surface area contributed by atoms with Crippen molar-refractivity contribution in [3.63, 3.8) is 0 Å². The van der Waals surface area contributed by atoms with Crippen molar-refractivity contribution in [2.24, 2.45) is 11.3 Å². The van der Waals surface area contributed by atoms with E-state index in [0.29, 0.717) is 56.4 Å². The SMILES string of the molecule is CCOCC12CCN(c3ccc(C#N)c(C(F)(F)F)c3)CC1CN(C(=O)c1sc(C)nc1C)C2. The van der Waals surface area contributed by atoms with Crippen LogP contribution in [-0.2, 0) is 10.9 Å². The summed E-state index contributed by atoms with van der Waals surface area (Å²) >= 11 is 1.39. The summed E-state index contributed by atoms with van der Waals surface area (Å²) in [6, 6.07) is 5.51. The Bertz CT molecular complexity index is 1130. The van der Waals surface area contributed by atoms with Crippen LogP contribution in [0.15, 0.2) is 18.2 Å². The van der Waals surface area contributed by atoms with Crippen molar-refractivity contribution in [3.8, 4) is 6.07 Å². The molecular weight excluding hydrogens is 465 g/mol. The van der Waals surface area contributed by atoms with Crippen LogP contribution in [0.5, 0.6) is 0 Å². The number of carbonyl (C=O) groups is 1. The Morgan fingerprint density at radius 3 is 2.74 bits per heavy atom. The number of alkyl halides is 3. The highest BCUT2D eigenvalue weighted by Gasteiger charge is 2.51. The number of amides is 1. The minimum absolute atomic E-state index is 0.0438. The number of anilines is 1. The van der Waals surface area contributed by atoms with Crippen LogP contribution in [-0.4, -0.2) is 55.2 Å². The number of rotatable bonds is 5. The average Bonchev–Trinajstić information content (AvgIpc) is 3.35. The van der Waals surface area contributed by atoms with Gasteiger partial charge in [-0.25, -0.2) is 4.98 Å². The van der Waals surface area contributed by atoms with Crippen molar-refractivity contribution in [2.75, 3.05) is 44.3 Å². The maximum absolute atomic E-state index is 13.5. The van der Waals surface area contributed by atoms with Crippen LogP contribution in [0, 0.1) is 36.5 Å². The Morgan fingerprint density at radius 2 is 2.12 bits per heavy atom. The molecule has 1 amide bonds. The molecule has 0 aliphatic carbocycles. The highest BCUT2D eigenvalue weighted by molar-refractivity contribution is 7.13. The zero-order chi connectivity index (χ0) is 24.7. The number of benzene rings is 1. The van der Waals surface area contributed by atoms with Gasteiger partial charge in [0.2, 0.25) is 0 Å². The second-order valence-corrected chi connectivity index (χ2v) is 10.3. The van der Waals surface area contributed by atoms with Gasteiger partial charge in [0, 0.05) is 49.8 Å². The fourth-order valence-electron chi connectivity index (χ4n) is 5.15. The molecule has 2 aliphatic rings. The molecule has 0 spiro atoms. The van der Waals surface area contributed by atoms with Gasteiger partial charge in [0.05, 0.1) is 34.5 Å². The minimum atomic E-state index is -4.60. The van der Waals surface area contributed by atoms with E-state index in [1.54, 1.807) is 12.1 Å². The third kappa shape index (κ3) is 4.51. The third-order valence-corrected chi connectivity index (χ3v) is 7.97. The lowest BCUT2D eigenvalue weighted by Gasteiger charge is -2.44. The smallest absolute Gasteiger partial charge is 0.381 e. The lowest BCUT2D eigenvalue weighted by molar-refractivity contribution is -0.137. The van der Waals surface area contributed by atoms with Crippen molar-refractivity contribution in [2.45, 2.75) is 33.4 Å². The number of piperidine rings is 1. The Hall–Kier alpha value is -2.64. The summed E-state index contributed by atoms with van der Waals surface area (Å²) in [6.45, 7) is 8.84. The molecule has 0 bridgehead atoms. The number of thiazole rings is 1. The normalized spacial score (nSPS) is 22.6. The second kappa shape index (κ2) is 9.19. The number of ether oxygens (including phenoxy) is 1. The van der Waals surface area contributed by atoms with Gasteiger partial charge in [0.1, 0.15) is 4.88 Å². The number of nitriles is 1. The van der Waals surface area contributed by atoms with Crippen molar-refractivity contribution in [3.05, 3.63) is 44.9 Å². The molecule has 0 radical (unpaired) electrons. The topological polar surface area (TPSA) is 69.5 Å². The number of carbonyl (C=O) groups excluding carboxylic acids is 1. The molecule has 2 aliphatic heterocycles. The number of nitrogens with zero attached hydrogens (tertiary/aromatic N) is 4. The van der Waals surface area contributed by atoms with Gasteiger partial charge >= 0.3 is 6.18 Å². The molecule has 2 aromatic rings. The average molecular weight is 493 g/mol. The summed E-state index contributed by atoms with van der Waals surface area (Å²) < 4.78 is 46.3. The molecule has 34 heavy (non-hydrogen) atoms. The molecule has 2 unspecified atom stereocenters. The van der Waals surface area contributed by atoms with Crippen molar-refractivity contribution in [1.29, 1.82) is 5.26 Å². The van der Waals surface area contributed by atoms with E-state index in [9.17, 15) is 18.0 Å². The maximum Gasteiger partial charge on any atom is 0.417 e. The van der Waals surface area contributed by atoms with Crippen LogP contribution in [0.2, 0.25) is 0 Å². The number of aromatic nitrogens is 1. The van der Waals surface area contributed by atoms with Gasteiger partial charge in [-0.2, -0.15) is 18.4 Å². The Morgan fingerprint density at radius 1 is 1.35 bits per heavy atom. The molecule has 3 heterocycles. The largest absolute Gasteiger partial charge is 0.417 e. The first kappa shape index (κ1) is 24.5. The number of halogens is 3. The van der Waals surface area contributed by atoms with Gasteiger partial charge in [-0.1, -0.05) is 0 Å². The number of likely N-dealkylation sites (tertiary alicyclic amines) is 1. The summed E-state index contributed by atoms with van der Waals surface area (Å²) in [4.78, 5) is 22.1. The molecule has 2 atom stereocenters. The summed E-state index contributed by atoms with van der Waals surface area (Å²) in [5.74, 6) is 0.00806. The molecule has 182 valence electrons. The van der Waals surface area contributed by atoms with E-state index in [1.807, 2.05) is 30.6 Å². The number of aryl methyl sites for hydroxylation is 2. The van der Waals surface area contributed by atoms with Crippen LogP contribution in [0.25, 0.3) is 0 Å². The molecule has 2 saturated heterocycles. The van der Waals surface area contributed by atoms with Crippen LogP contribution >= 0.6 is 11.3 Å². The van der Waals surface area contributed by atoms with Crippen LogP contribution in [0.4, 0.5) is 18.9 Å². The zero-order valence-electron chi connectivity index (χ0n) is 19.4. The molecule has 1 aromatic carbocycles. The van der Waals surface area contributed by atoms with Gasteiger partial charge < -0.3 is 14.5 Å². The first-order valence-corrected chi connectivity index (χ1v) is 12.1. The third-order valence-electron chi connectivity index (χ3n) is 6.91.